The Morgan fingerprint density at radius 3 is 2.84 bits per heavy atom. The average molecular weight is 507 g/mol. The van der Waals surface area contributed by atoms with Crippen LogP contribution < -0.4 is 9.47 Å². The fourth-order valence-electron chi connectivity index (χ4n) is 4.91. The molecule has 1 aliphatic rings. The van der Waals surface area contributed by atoms with Gasteiger partial charge < -0.3 is 14.6 Å². The van der Waals surface area contributed by atoms with Crippen LogP contribution in [0.5, 0.6) is 11.8 Å². The number of pyridine rings is 1. The third kappa shape index (κ3) is 4.60. The van der Waals surface area contributed by atoms with Crippen molar-refractivity contribution in [3.8, 4) is 22.9 Å². The van der Waals surface area contributed by atoms with E-state index in [0.717, 1.165) is 39.2 Å². The summed E-state index contributed by atoms with van der Waals surface area (Å²) in [7, 11) is 3.94. The molecule has 2 unspecified atom stereocenters. The molecule has 4 aromatic rings. The van der Waals surface area contributed by atoms with Crippen molar-refractivity contribution in [2.24, 2.45) is 7.05 Å². The second-order valence-corrected chi connectivity index (χ2v) is 9.65. The number of aryl methyl sites for hydroxylation is 2. The summed E-state index contributed by atoms with van der Waals surface area (Å²) in [6.45, 7) is 9.61. The number of aromatic nitrogens is 7. The molecule has 0 amide bonds. The number of rotatable bonds is 4. The largest absolute Gasteiger partial charge is 0.476 e. The Labute approximate surface area is 215 Å². The lowest BCUT2D eigenvalue weighted by Crippen LogP contribution is -2.32. The smallest absolute Gasteiger partial charge is 0.240 e. The Kier molecular flexibility index (Phi) is 6.74. The fourth-order valence-corrected chi connectivity index (χ4v) is 4.91. The predicted molar refractivity (Wildman–Crippen MR) is 141 cm³/mol. The first-order valence-corrected chi connectivity index (χ1v) is 12.6. The number of nitrogens with zero attached hydrogens (tertiary/aromatic N) is 7. The van der Waals surface area contributed by atoms with Gasteiger partial charge in [0.15, 0.2) is 5.65 Å². The van der Waals surface area contributed by atoms with Crippen LogP contribution in [0, 0.1) is 6.92 Å². The molecule has 5 heterocycles. The normalized spacial score (nSPS) is 18.1. The molecule has 0 fully saturated rings. The highest BCUT2D eigenvalue weighted by Crippen LogP contribution is 2.36. The van der Waals surface area contributed by atoms with Crippen LogP contribution in [0.4, 0.5) is 0 Å². The number of H-pyrrole nitrogens is 1. The van der Waals surface area contributed by atoms with Crippen LogP contribution >= 0.6 is 0 Å². The highest BCUT2D eigenvalue weighted by Gasteiger charge is 2.25. The van der Waals surface area contributed by atoms with E-state index in [1.54, 1.807) is 4.68 Å². The zero-order chi connectivity index (χ0) is 26.3. The molecule has 0 spiro atoms. The molecule has 5 rings (SSSR count). The van der Waals surface area contributed by atoms with Gasteiger partial charge in [-0.25, -0.2) is 9.67 Å². The topological polar surface area (TPSA) is 119 Å². The Bertz CT molecular complexity index is 1450. The van der Waals surface area contributed by atoms with E-state index in [2.05, 4.69) is 38.2 Å². The molecule has 0 saturated carbocycles. The van der Waals surface area contributed by atoms with Crippen molar-refractivity contribution in [1.82, 2.24) is 39.6 Å². The minimum absolute atomic E-state index is 0.0329. The van der Waals surface area contributed by atoms with Gasteiger partial charge in [-0.1, -0.05) is 0 Å². The van der Waals surface area contributed by atoms with E-state index in [4.69, 9.17) is 14.6 Å². The third-order valence-corrected chi connectivity index (χ3v) is 6.59. The highest BCUT2D eigenvalue weighted by atomic mass is 16.5. The van der Waals surface area contributed by atoms with Gasteiger partial charge in [-0.15, -0.1) is 5.10 Å². The minimum atomic E-state index is -0.208. The molecule has 0 aliphatic carbocycles. The molecule has 0 aromatic carbocycles. The second-order valence-electron chi connectivity index (χ2n) is 9.65. The number of likely N-dealkylation sites (N-methyl/N-ethyl adjacent to an activating group) is 1. The maximum absolute atomic E-state index is 9.94. The Morgan fingerprint density at radius 2 is 2.08 bits per heavy atom. The van der Waals surface area contributed by atoms with E-state index in [-0.39, 0.29) is 18.8 Å². The van der Waals surface area contributed by atoms with Crippen LogP contribution in [0.15, 0.2) is 12.3 Å². The van der Waals surface area contributed by atoms with E-state index in [1.165, 1.54) is 0 Å². The van der Waals surface area contributed by atoms with E-state index in [1.807, 2.05) is 57.9 Å². The van der Waals surface area contributed by atoms with Crippen molar-refractivity contribution in [3.63, 3.8) is 0 Å². The number of aromatic amines is 1. The molecular weight excluding hydrogens is 472 g/mol. The van der Waals surface area contributed by atoms with E-state index >= 15 is 0 Å². The highest BCUT2D eigenvalue weighted by molar-refractivity contribution is 5.91. The molecule has 2 atom stereocenters. The summed E-state index contributed by atoms with van der Waals surface area (Å²) in [5.41, 5.74) is 5.97. The van der Waals surface area contributed by atoms with E-state index in [0.29, 0.717) is 37.1 Å². The molecule has 1 aliphatic heterocycles. The summed E-state index contributed by atoms with van der Waals surface area (Å²) in [5.74, 6) is 1.24. The lowest BCUT2D eigenvalue weighted by Gasteiger charge is -2.24. The summed E-state index contributed by atoms with van der Waals surface area (Å²) < 4.78 is 16.0. The second kappa shape index (κ2) is 9.98. The van der Waals surface area contributed by atoms with Crippen LogP contribution in [0.25, 0.3) is 34.3 Å². The van der Waals surface area contributed by atoms with Crippen LogP contribution in [-0.2, 0) is 13.6 Å². The summed E-state index contributed by atoms with van der Waals surface area (Å²) in [5, 5.41) is 27.7. The Balaban J connectivity index is 1.72. The van der Waals surface area contributed by atoms with Crippen LogP contribution in [0.1, 0.15) is 49.5 Å². The minimum Gasteiger partial charge on any atom is -0.476 e. The third-order valence-electron chi connectivity index (χ3n) is 6.59. The first-order chi connectivity index (χ1) is 17.8. The Morgan fingerprint density at radius 1 is 1.27 bits per heavy atom. The van der Waals surface area contributed by atoms with Crippen LogP contribution in [0.2, 0.25) is 0 Å². The zero-order valence-corrected chi connectivity index (χ0v) is 22.2. The van der Waals surface area contributed by atoms with Crippen molar-refractivity contribution in [2.45, 2.75) is 46.4 Å². The number of hydrogen-bond acceptors (Lipinski definition) is 8. The number of fused-ring (bicyclic) bond motifs is 4. The quantitative estimate of drug-likeness (QED) is 0.433. The van der Waals surface area contributed by atoms with E-state index < -0.39 is 0 Å². The van der Waals surface area contributed by atoms with Gasteiger partial charge in [0.2, 0.25) is 11.8 Å². The number of nitrogens with one attached hydrogen (secondary N) is 1. The maximum Gasteiger partial charge on any atom is 0.240 e. The van der Waals surface area contributed by atoms with Crippen molar-refractivity contribution >= 4 is 23.2 Å². The van der Waals surface area contributed by atoms with Gasteiger partial charge in [-0.2, -0.15) is 10.2 Å². The van der Waals surface area contributed by atoms with Crippen molar-refractivity contribution in [1.29, 1.82) is 0 Å². The molecule has 11 heteroatoms. The molecule has 2 bridgehead atoms. The molecule has 0 radical (unpaired) electrons. The molecule has 0 saturated heterocycles. The standard InChI is InChI=1S/C26H34N8O3/c1-7-36-25-19-8-9-21-20-10-18(11-27-24(20)29-28-21)23-17(4)30-33(6)26(23)37-16(3)12-32(5)13-22(19)34(31-25)15(2)14-35/h8-11,15-16,35H,7,12-14H2,1-6H3,(H,27,28,29)/b9-8+. The molecule has 11 nitrogen and oxygen atoms in total. The van der Waals surface area contributed by atoms with E-state index in [9.17, 15) is 5.11 Å². The van der Waals surface area contributed by atoms with Crippen molar-refractivity contribution in [2.75, 3.05) is 26.8 Å². The lowest BCUT2D eigenvalue weighted by atomic mass is 10.1. The first kappa shape index (κ1) is 25.0. The van der Waals surface area contributed by atoms with Gasteiger partial charge in [-0.05, 0) is 53.0 Å². The maximum atomic E-state index is 9.94. The zero-order valence-electron chi connectivity index (χ0n) is 22.2. The van der Waals surface area contributed by atoms with Gasteiger partial charge in [0.25, 0.3) is 0 Å². The van der Waals surface area contributed by atoms with Crippen LogP contribution in [0.3, 0.4) is 0 Å². The summed E-state index contributed by atoms with van der Waals surface area (Å²) in [4.78, 5) is 6.79. The molecule has 2 N–H and O–H groups in total. The number of aliphatic hydroxyl groups excluding tert-OH is 1. The fraction of sp³-hybridized carbons (Fsp3) is 0.462. The van der Waals surface area contributed by atoms with Crippen molar-refractivity contribution < 1.29 is 14.6 Å². The molecule has 4 aromatic heterocycles. The average Bonchev–Trinajstić information content (AvgIpc) is 3.50. The SMILES string of the molecule is CCOc1nn(C(C)CO)c2c1/C=C/c1[nH]nc3ncc(cc13)-c1c(C)nn(C)c1OC(C)CN(C)C2. The Hall–Kier alpha value is -3.70. The molecular formula is C26H34N8O3. The van der Waals surface area contributed by atoms with Crippen molar-refractivity contribution in [3.05, 3.63) is 34.9 Å². The van der Waals surface area contributed by atoms with Gasteiger partial charge in [0.1, 0.15) is 6.10 Å². The summed E-state index contributed by atoms with van der Waals surface area (Å²) >= 11 is 0. The van der Waals surface area contributed by atoms with Gasteiger partial charge in [-0.3, -0.25) is 14.7 Å². The number of hydrogen-bond donors (Lipinski definition) is 2. The first-order valence-electron chi connectivity index (χ1n) is 12.6. The number of aliphatic hydroxyl groups is 1. The predicted octanol–water partition coefficient (Wildman–Crippen LogP) is 3.20. The monoisotopic (exact) mass is 506 g/mol. The van der Waals surface area contributed by atoms with Gasteiger partial charge in [0.05, 0.1) is 47.5 Å². The van der Waals surface area contributed by atoms with Crippen LogP contribution in [-0.4, -0.2) is 77.7 Å². The summed E-state index contributed by atoms with van der Waals surface area (Å²) in [6.07, 6.45) is 5.67. The number of ether oxygens (including phenoxy) is 2. The summed E-state index contributed by atoms with van der Waals surface area (Å²) in [6, 6.07) is 1.86. The lowest BCUT2D eigenvalue weighted by molar-refractivity contribution is 0.145. The van der Waals surface area contributed by atoms with Gasteiger partial charge in [0, 0.05) is 37.3 Å². The van der Waals surface area contributed by atoms with Gasteiger partial charge >= 0.3 is 0 Å². The molecule has 37 heavy (non-hydrogen) atoms. The molecule has 196 valence electrons.